The Hall–Kier alpha value is -1.15. The van der Waals surface area contributed by atoms with Crippen molar-refractivity contribution in [2.45, 2.75) is 44.0 Å². The normalized spacial score (nSPS) is 28.0. The number of hydrogen-bond donors (Lipinski definition) is 1. The van der Waals surface area contributed by atoms with Crippen molar-refractivity contribution in [3.63, 3.8) is 0 Å². The lowest BCUT2D eigenvalue weighted by Gasteiger charge is -2.53. The van der Waals surface area contributed by atoms with E-state index in [2.05, 4.69) is 4.90 Å². The number of aliphatic hydroxyl groups is 1. The smallest absolute Gasteiger partial charge is 0.243 e. The van der Waals surface area contributed by atoms with Crippen molar-refractivity contribution in [2.75, 3.05) is 40.4 Å². The maximum atomic E-state index is 13.4. The number of fused-ring (bicyclic) bond motifs is 1. The molecule has 0 aromatic heterocycles. The fourth-order valence-corrected chi connectivity index (χ4v) is 6.33. The molecule has 0 spiro atoms. The van der Waals surface area contributed by atoms with Gasteiger partial charge in [0.05, 0.1) is 18.6 Å². The SMILES string of the molecule is COc1cc(S(=O)(=O)N2CC[C@@]3(CO)CCCN(C)[C@@H]3C2)c(C)cc1C. The maximum Gasteiger partial charge on any atom is 0.243 e. The summed E-state index contributed by atoms with van der Waals surface area (Å²) < 4.78 is 33.6. The van der Waals surface area contributed by atoms with E-state index in [0.29, 0.717) is 30.2 Å². The van der Waals surface area contributed by atoms with E-state index in [0.717, 1.165) is 30.5 Å². The van der Waals surface area contributed by atoms with Gasteiger partial charge in [-0.2, -0.15) is 4.31 Å². The quantitative estimate of drug-likeness (QED) is 0.860. The zero-order chi connectivity index (χ0) is 19.1. The number of aliphatic hydroxyl groups excluding tert-OH is 1. The van der Waals surface area contributed by atoms with Crippen LogP contribution in [-0.2, 0) is 10.0 Å². The van der Waals surface area contributed by atoms with Crippen LogP contribution in [0.3, 0.4) is 0 Å². The van der Waals surface area contributed by atoms with Crippen molar-refractivity contribution in [1.82, 2.24) is 9.21 Å². The van der Waals surface area contributed by atoms with Crippen molar-refractivity contribution in [2.24, 2.45) is 5.41 Å². The van der Waals surface area contributed by atoms with E-state index < -0.39 is 10.0 Å². The summed E-state index contributed by atoms with van der Waals surface area (Å²) in [5.41, 5.74) is 1.48. The minimum absolute atomic E-state index is 0.0532. The number of nitrogens with zero attached hydrogens (tertiary/aromatic N) is 2. The van der Waals surface area contributed by atoms with E-state index in [4.69, 9.17) is 4.74 Å². The van der Waals surface area contributed by atoms with Crippen LogP contribution in [0.15, 0.2) is 17.0 Å². The Bertz CT molecular complexity index is 780. The van der Waals surface area contributed by atoms with Crippen LogP contribution < -0.4 is 4.74 Å². The molecule has 2 heterocycles. The molecule has 1 aromatic carbocycles. The van der Waals surface area contributed by atoms with E-state index in [1.54, 1.807) is 17.5 Å². The van der Waals surface area contributed by atoms with Gasteiger partial charge in [0.2, 0.25) is 10.0 Å². The van der Waals surface area contributed by atoms with Gasteiger partial charge in [0.15, 0.2) is 0 Å². The Morgan fingerprint density at radius 1 is 1.23 bits per heavy atom. The van der Waals surface area contributed by atoms with Crippen molar-refractivity contribution in [1.29, 1.82) is 0 Å². The number of hydrogen-bond acceptors (Lipinski definition) is 5. The van der Waals surface area contributed by atoms with Gasteiger partial charge in [-0.1, -0.05) is 6.07 Å². The van der Waals surface area contributed by atoms with E-state index in [1.807, 2.05) is 27.0 Å². The van der Waals surface area contributed by atoms with Crippen LogP contribution in [0, 0.1) is 19.3 Å². The molecular weight excluding hydrogens is 352 g/mol. The summed E-state index contributed by atoms with van der Waals surface area (Å²) in [4.78, 5) is 2.53. The number of rotatable bonds is 4. The summed E-state index contributed by atoms with van der Waals surface area (Å²) >= 11 is 0. The van der Waals surface area contributed by atoms with Gasteiger partial charge < -0.3 is 14.7 Å². The zero-order valence-corrected chi connectivity index (χ0v) is 17.0. The molecule has 2 aliphatic rings. The highest BCUT2D eigenvalue weighted by atomic mass is 32.2. The van der Waals surface area contributed by atoms with E-state index in [9.17, 15) is 13.5 Å². The second-order valence-electron chi connectivity index (χ2n) is 7.82. The zero-order valence-electron chi connectivity index (χ0n) is 16.2. The molecule has 3 rings (SSSR count). The standard InChI is InChI=1S/C19H30N2O4S/c1-14-10-15(2)17(11-16(14)25-4)26(23,24)21-9-7-19(13-22)6-5-8-20(3)18(19)12-21/h10-11,18,22H,5-9,12-13H2,1-4H3/t18-,19-/m1/s1. The molecule has 2 fully saturated rings. The van der Waals surface area contributed by atoms with Crippen molar-refractivity contribution >= 4 is 10.0 Å². The number of piperidine rings is 2. The average molecular weight is 383 g/mol. The number of sulfonamides is 1. The van der Waals surface area contributed by atoms with Crippen molar-refractivity contribution in [3.8, 4) is 5.75 Å². The third kappa shape index (κ3) is 3.15. The van der Waals surface area contributed by atoms with Gasteiger partial charge in [-0.3, -0.25) is 0 Å². The van der Waals surface area contributed by atoms with E-state index in [1.165, 1.54) is 0 Å². The second kappa shape index (κ2) is 7.11. The molecule has 7 heteroatoms. The number of likely N-dealkylation sites (tertiary alicyclic amines) is 1. The van der Waals surface area contributed by atoms with E-state index in [-0.39, 0.29) is 18.1 Å². The largest absolute Gasteiger partial charge is 0.496 e. The molecule has 26 heavy (non-hydrogen) atoms. The third-order valence-corrected chi connectivity index (χ3v) is 8.29. The fourth-order valence-electron chi connectivity index (χ4n) is 4.66. The molecule has 6 nitrogen and oxygen atoms in total. The highest BCUT2D eigenvalue weighted by Crippen LogP contribution is 2.43. The highest BCUT2D eigenvalue weighted by Gasteiger charge is 2.48. The van der Waals surface area contributed by atoms with Crippen LogP contribution >= 0.6 is 0 Å². The molecule has 1 aromatic rings. The topological polar surface area (TPSA) is 70.1 Å². The molecule has 1 N–H and O–H groups in total. The monoisotopic (exact) mass is 382 g/mol. The number of methoxy groups -OCH3 is 1. The molecule has 0 bridgehead atoms. The molecule has 0 amide bonds. The van der Waals surface area contributed by atoms with Crippen LogP contribution in [0.1, 0.15) is 30.4 Å². The van der Waals surface area contributed by atoms with Crippen LogP contribution in [0.4, 0.5) is 0 Å². The molecule has 0 radical (unpaired) electrons. The maximum absolute atomic E-state index is 13.4. The average Bonchev–Trinajstić information content (AvgIpc) is 2.61. The number of ether oxygens (including phenoxy) is 1. The summed E-state index contributed by atoms with van der Waals surface area (Å²) in [6.07, 6.45) is 2.71. The first-order chi connectivity index (χ1) is 12.2. The molecule has 2 saturated heterocycles. The lowest BCUT2D eigenvalue weighted by molar-refractivity contribution is -0.0508. The Labute approximate surface area is 156 Å². The van der Waals surface area contributed by atoms with Gasteiger partial charge in [-0.25, -0.2) is 8.42 Å². The molecular formula is C19H30N2O4S. The lowest BCUT2D eigenvalue weighted by Crippen LogP contribution is -2.62. The number of likely N-dealkylation sites (N-methyl/N-ethyl adjacent to an activating group) is 1. The predicted octanol–water partition coefficient (Wildman–Crippen LogP) is 1.78. The highest BCUT2D eigenvalue weighted by molar-refractivity contribution is 7.89. The Morgan fingerprint density at radius 2 is 1.96 bits per heavy atom. The molecule has 0 aliphatic carbocycles. The van der Waals surface area contributed by atoms with E-state index >= 15 is 0 Å². The summed E-state index contributed by atoms with van der Waals surface area (Å²) in [6.45, 7) is 5.67. The summed E-state index contributed by atoms with van der Waals surface area (Å²) in [7, 11) is -0.0166. The Balaban J connectivity index is 1.94. The van der Waals surface area contributed by atoms with Crippen molar-refractivity contribution in [3.05, 3.63) is 23.3 Å². The summed E-state index contributed by atoms with van der Waals surface area (Å²) in [6, 6.07) is 3.55. The van der Waals surface area contributed by atoms with Crippen LogP contribution in [0.2, 0.25) is 0 Å². The fraction of sp³-hybridized carbons (Fsp3) is 0.684. The van der Waals surface area contributed by atoms with Gasteiger partial charge in [-0.05, 0) is 57.8 Å². The number of aryl methyl sites for hydroxylation is 2. The first-order valence-electron chi connectivity index (χ1n) is 9.22. The van der Waals surface area contributed by atoms with Crippen LogP contribution in [0.25, 0.3) is 0 Å². The molecule has 0 saturated carbocycles. The molecule has 2 atom stereocenters. The van der Waals surface area contributed by atoms with Crippen molar-refractivity contribution < 1.29 is 18.3 Å². The molecule has 0 unspecified atom stereocenters. The minimum Gasteiger partial charge on any atom is -0.496 e. The third-order valence-electron chi connectivity index (χ3n) is 6.29. The van der Waals surface area contributed by atoms with Crippen LogP contribution in [0.5, 0.6) is 5.75 Å². The lowest BCUT2D eigenvalue weighted by atomic mass is 9.69. The second-order valence-corrected chi connectivity index (χ2v) is 9.73. The molecule has 146 valence electrons. The van der Waals surface area contributed by atoms with Crippen LogP contribution in [-0.4, -0.2) is 69.2 Å². The van der Waals surface area contributed by atoms with Gasteiger partial charge >= 0.3 is 0 Å². The Kier molecular flexibility index (Phi) is 5.36. The van der Waals surface area contributed by atoms with Gasteiger partial charge in [-0.15, -0.1) is 0 Å². The summed E-state index contributed by atoms with van der Waals surface area (Å²) in [5.74, 6) is 0.589. The van der Waals surface area contributed by atoms with Gasteiger partial charge in [0, 0.05) is 30.6 Å². The van der Waals surface area contributed by atoms with Gasteiger partial charge in [0.25, 0.3) is 0 Å². The first kappa shape index (κ1) is 19.6. The number of benzene rings is 1. The first-order valence-corrected chi connectivity index (χ1v) is 10.7. The Morgan fingerprint density at radius 3 is 2.62 bits per heavy atom. The minimum atomic E-state index is -3.61. The predicted molar refractivity (Wildman–Crippen MR) is 101 cm³/mol. The van der Waals surface area contributed by atoms with Gasteiger partial charge in [0.1, 0.15) is 5.75 Å². The summed E-state index contributed by atoms with van der Waals surface area (Å²) in [5, 5.41) is 10.0. The molecule has 2 aliphatic heterocycles.